The minimum atomic E-state index is 0.546. The molecule has 3 aromatic rings. The number of ether oxygens (including phenoxy) is 1. The zero-order valence-electron chi connectivity index (χ0n) is 9.51. The van der Waals surface area contributed by atoms with Crippen molar-refractivity contribution in [3.05, 3.63) is 34.9 Å². The number of aromatic amines is 1. The molecule has 0 saturated heterocycles. The average Bonchev–Trinajstić information content (AvgIpc) is 2.82. The molecule has 0 aliphatic rings. The summed E-state index contributed by atoms with van der Waals surface area (Å²) >= 11 is 3.35. The van der Waals surface area contributed by atoms with Crippen molar-refractivity contribution in [2.24, 2.45) is 0 Å². The van der Waals surface area contributed by atoms with Crippen molar-refractivity contribution in [1.82, 2.24) is 19.9 Å². The molecule has 1 N–H and O–H groups in total. The highest BCUT2D eigenvalue weighted by Gasteiger charge is 2.08. The fourth-order valence-electron chi connectivity index (χ4n) is 1.63. The summed E-state index contributed by atoms with van der Waals surface area (Å²) in [6.45, 7) is 0. The van der Waals surface area contributed by atoms with E-state index in [0.717, 1.165) is 15.7 Å². The molecule has 0 unspecified atom stereocenters. The first-order valence-electron chi connectivity index (χ1n) is 5.29. The third-order valence-electron chi connectivity index (χ3n) is 2.50. The Bertz CT molecular complexity index is 693. The van der Waals surface area contributed by atoms with Gasteiger partial charge in [0.25, 0.3) is 0 Å². The van der Waals surface area contributed by atoms with Crippen LogP contribution in [0, 0.1) is 0 Å². The highest BCUT2D eigenvalue weighted by atomic mass is 79.9. The molecule has 3 rings (SSSR count). The van der Waals surface area contributed by atoms with E-state index in [0.29, 0.717) is 17.4 Å². The van der Waals surface area contributed by atoms with E-state index in [1.807, 2.05) is 18.2 Å². The van der Waals surface area contributed by atoms with Crippen molar-refractivity contribution in [1.29, 1.82) is 0 Å². The van der Waals surface area contributed by atoms with Gasteiger partial charge in [0, 0.05) is 16.7 Å². The van der Waals surface area contributed by atoms with Crippen LogP contribution in [0.1, 0.15) is 0 Å². The van der Waals surface area contributed by atoms with Crippen LogP contribution in [-0.2, 0) is 0 Å². The number of pyridine rings is 2. The van der Waals surface area contributed by atoms with Crippen LogP contribution >= 0.6 is 15.9 Å². The molecule has 0 spiro atoms. The Balaban J connectivity index is 2.10. The summed E-state index contributed by atoms with van der Waals surface area (Å²) in [5.41, 5.74) is 2.25. The second-order valence-corrected chi connectivity index (χ2v) is 4.59. The largest absolute Gasteiger partial charge is 0.481 e. The minimum Gasteiger partial charge on any atom is -0.481 e. The Morgan fingerprint density at radius 3 is 2.78 bits per heavy atom. The van der Waals surface area contributed by atoms with Crippen molar-refractivity contribution in [2.45, 2.75) is 0 Å². The summed E-state index contributed by atoms with van der Waals surface area (Å²) in [6.07, 6.45) is 1.73. The maximum atomic E-state index is 5.07. The summed E-state index contributed by atoms with van der Waals surface area (Å²) in [4.78, 5) is 16.1. The smallest absolute Gasteiger partial charge is 0.215 e. The number of nitrogens with zero attached hydrogens (tertiary/aromatic N) is 3. The van der Waals surface area contributed by atoms with E-state index in [4.69, 9.17) is 4.74 Å². The molecule has 18 heavy (non-hydrogen) atoms. The van der Waals surface area contributed by atoms with Crippen molar-refractivity contribution in [3.63, 3.8) is 0 Å². The van der Waals surface area contributed by atoms with Crippen LogP contribution in [0.5, 0.6) is 5.88 Å². The number of halogens is 1. The van der Waals surface area contributed by atoms with Crippen molar-refractivity contribution >= 4 is 27.1 Å². The first kappa shape index (κ1) is 11.2. The van der Waals surface area contributed by atoms with E-state index in [-0.39, 0.29) is 0 Å². The molecule has 0 bridgehead atoms. The highest BCUT2D eigenvalue weighted by molar-refractivity contribution is 9.10. The Morgan fingerprint density at radius 1 is 1.17 bits per heavy atom. The van der Waals surface area contributed by atoms with Crippen LogP contribution in [0.4, 0.5) is 0 Å². The number of H-pyrrole nitrogens is 1. The summed E-state index contributed by atoms with van der Waals surface area (Å²) in [7, 11) is 1.58. The predicted octanol–water partition coefficient (Wildman–Crippen LogP) is 2.79. The van der Waals surface area contributed by atoms with Gasteiger partial charge in [-0.05, 0) is 34.1 Å². The SMILES string of the molecule is COc1ccc2[nH]c(-c3ccc(Br)cn3)nc2n1. The fraction of sp³-hybridized carbons (Fsp3) is 0.0833. The molecule has 0 fully saturated rings. The second kappa shape index (κ2) is 4.38. The molecule has 0 atom stereocenters. The van der Waals surface area contributed by atoms with E-state index in [2.05, 4.69) is 35.9 Å². The Morgan fingerprint density at radius 2 is 2.06 bits per heavy atom. The van der Waals surface area contributed by atoms with Crippen LogP contribution in [0.3, 0.4) is 0 Å². The third kappa shape index (κ3) is 1.95. The molecule has 0 aliphatic carbocycles. The number of imidazole rings is 1. The standard InChI is InChI=1S/C12H9BrN4O/c1-18-10-5-4-9-12(16-10)17-11(15-9)8-3-2-7(13)6-14-8/h2-6H,1H3,(H,15,16,17). The average molecular weight is 305 g/mol. The van der Waals surface area contributed by atoms with E-state index in [1.165, 1.54) is 0 Å². The lowest BCUT2D eigenvalue weighted by Gasteiger charge is -1.95. The van der Waals surface area contributed by atoms with Crippen LogP contribution < -0.4 is 4.74 Å². The lowest BCUT2D eigenvalue weighted by Crippen LogP contribution is -1.86. The maximum Gasteiger partial charge on any atom is 0.215 e. The monoisotopic (exact) mass is 304 g/mol. The molecule has 3 aromatic heterocycles. The predicted molar refractivity (Wildman–Crippen MR) is 71.4 cm³/mol. The molecule has 0 saturated carbocycles. The van der Waals surface area contributed by atoms with Crippen molar-refractivity contribution in [2.75, 3.05) is 7.11 Å². The molecule has 3 heterocycles. The van der Waals surface area contributed by atoms with Gasteiger partial charge in [-0.1, -0.05) is 0 Å². The van der Waals surface area contributed by atoms with Gasteiger partial charge >= 0.3 is 0 Å². The molecule has 0 aliphatic heterocycles. The molecule has 0 aromatic carbocycles. The number of hydrogen-bond acceptors (Lipinski definition) is 4. The quantitative estimate of drug-likeness (QED) is 0.791. The van der Waals surface area contributed by atoms with Crippen LogP contribution in [0.2, 0.25) is 0 Å². The van der Waals surface area contributed by atoms with E-state index >= 15 is 0 Å². The van der Waals surface area contributed by atoms with E-state index in [1.54, 1.807) is 19.4 Å². The van der Waals surface area contributed by atoms with Gasteiger partial charge in [-0.15, -0.1) is 0 Å². The molecule has 90 valence electrons. The highest BCUT2D eigenvalue weighted by Crippen LogP contribution is 2.20. The Hall–Kier alpha value is -1.95. The maximum absolute atomic E-state index is 5.07. The van der Waals surface area contributed by atoms with Crippen molar-refractivity contribution in [3.8, 4) is 17.4 Å². The van der Waals surface area contributed by atoms with Crippen molar-refractivity contribution < 1.29 is 4.74 Å². The molecule has 0 radical (unpaired) electrons. The van der Waals surface area contributed by atoms with Gasteiger partial charge in [-0.2, -0.15) is 4.98 Å². The summed E-state index contributed by atoms with van der Waals surface area (Å²) in [5.74, 6) is 1.24. The van der Waals surface area contributed by atoms with Gasteiger partial charge < -0.3 is 9.72 Å². The zero-order chi connectivity index (χ0) is 12.5. The lowest BCUT2D eigenvalue weighted by molar-refractivity contribution is 0.399. The van der Waals surface area contributed by atoms with Crippen LogP contribution in [0.25, 0.3) is 22.7 Å². The third-order valence-corrected chi connectivity index (χ3v) is 2.97. The van der Waals surface area contributed by atoms with E-state index < -0.39 is 0 Å². The Labute approximate surface area is 111 Å². The normalized spacial score (nSPS) is 10.8. The number of hydrogen-bond donors (Lipinski definition) is 1. The fourth-order valence-corrected chi connectivity index (χ4v) is 1.86. The summed E-state index contributed by atoms with van der Waals surface area (Å²) < 4.78 is 6.00. The number of rotatable bonds is 2. The van der Waals surface area contributed by atoms with Crippen LogP contribution in [-0.4, -0.2) is 27.0 Å². The van der Waals surface area contributed by atoms with E-state index in [9.17, 15) is 0 Å². The number of methoxy groups -OCH3 is 1. The Kier molecular flexibility index (Phi) is 2.71. The summed E-state index contributed by atoms with van der Waals surface area (Å²) in [6, 6.07) is 7.48. The van der Waals surface area contributed by atoms with Gasteiger partial charge in [-0.25, -0.2) is 4.98 Å². The molecular weight excluding hydrogens is 296 g/mol. The summed E-state index contributed by atoms with van der Waals surface area (Å²) in [5, 5.41) is 0. The molecule has 6 heteroatoms. The van der Waals surface area contributed by atoms with Gasteiger partial charge in [0.05, 0.1) is 12.6 Å². The topological polar surface area (TPSA) is 63.7 Å². The molecule has 5 nitrogen and oxygen atoms in total. The molecule has 0 amide bonds. The molecular formula is C12H9BrN4O. The zero-order valence-corrected chi connectivity index (χ0v) is 11.1. The number of fused-ring (bicyclic) bond motifs is 1. The van der Waals surface area contributed by atoms with Gasteiger partial charge in [0.1, 0.15) is 5.69 Å². The lowest BCUT2D eigenvalue weighted by atomic mass is 10.3. The first-order chi connectivity index (χ1) is 8.76. The van der Waals surface area contributed by atoms with Gasteiger partial charge in [0.2, 0.25) is 5.88 Å². The van der Waals surface area contributed by atoms with Gasteiger partial charge in [0.15, 0.2) is 11.5 Å². The minimum absolute atomic E-state index is 0.546. The number of nitrogens with one attached hydrogen (secondary N) is 1. The second-order valence-electron chi connectivity index (χ2n) is 3.67. The number of aromatic nitrogens is 4. The first-order valence-corrected chi connectivity index (χ1v) is 6.08. The van der Waals surface area contributed by atoms with Crippen LogP contribution in [0.15, 0.2) is 34.9 Å². The van der Waals surface area contributed by atoms with Gasteiger partial charge in [-0.3, -0.25) is 4.98 Å².